The molecule has 0 amide bonds. The van der Waals surface area contributed by atoms with Crippen molar-refractivity contribution in [1.82, 2.24) is 9.88 Å². The standard InChI is InChI=1S/C9H15N3OS/c1-12-2-3-13-7(5-12)9(10)8-4-11-6-14-8/h4,6-7,9H,2-3,5,10H2,1H3. The Bertz CT molecular complexity index is 278. The number of rotatable bonds is 2. The second-order valence-electron chi connectivity index (χ2n) is 3.60. The van der Waals surface area contributed by atoms with Gasteiger partial charge in [0, 0.05) is 24.2 Å². The van der Waals surface area contributed by atoms with Crippen molar-refractivity contribution in [2.24, 2.45) is 5.73 Å². The zero-order chi connectivity index (χ0) is 9.97. The van der Waals surface area contributed by atoms with E-state index in [1.807, 2.05) is 11.7 Å². The van der Waals surface area contributed by atoms with E-state index in [-0.39, 0.29) is 12.1 Å². The summed E-state index contributed by atoms with van der Waals surface area (Å²) in [5.41, 5.74) is 7.90. The monoisotopic (exact) mass is 213 g/mol. The summed E-state index contributed by atoms with van der Waals surface area (Å²) in [5.74, 6) is 0. The SMILES string of the molecule is CN1CCOC(C(N)c2cncs2)C1. The fraction of sp³-hybridized carbons (Fsp3) is 0.667. The first-order chi connectivity index (χ1) is 6.77. The molecule has 1 aromatic heterocycles. The molecule has 5 heteroatoms. The molecule has 4 nitrogen and oxygen atoms in total. The maximum absolute atomic E-state index is 6.10. The highest BCUT2D eigenvalue weighted by Gasteiger charge is 2.25. The third kappa shape index (κ3) is 2.12. The largest absolute Gasteiger partial charge is 0.374 e. The lowest BCUT2D eigenvalue weighted by atomic mass is 10.1. The second-order valence-corrected chi connectivity index (χ2v) is 4.52. The van der Waals surface area contributed by atoms with Crippen LogP contribution in [0.15, 0.2) is 11.7 Å². The molecular weight excluding hydrogens is 198 g/mol. The molecule has 2 N–H and O–H groups in total. The number of aromatic nitrogens is 1. The van der Waals surface area contributed by atoms with Crippen LogP contribution in [0.4, 0.5) is 0 Å². The zero-order valence-corrected chi connectivity index (χ0v) is 9.04. The number of nitrogens with zero attached hydrogens (tertiary/aromatic N) is 2. The number of hydrogen-bond donors (Lipinski definition) is 1. The van der Waals surface area contributed by atoms with Crippen molar-refractivity contribution in [2.75, 3.05) is 26.7 Å². The second kappa shape index (κ2) is 4.35. The van der Waals surface area contributed by atoms with Gasteiger partial charge in [-0.25, -0.2) is 0 Å². The van der Waals surface area contributed by atoms with Crippen LogP contribution in [0.2, 0.25) is 0 Å². The maximum atomic E-state index is 6.10. The van der Waals surface area contributed by atoms with Gasteiger partial charge in [-0.15, -0.1) is 11.3 Å². The van der Waals surface area contributed by atoms with Crippen LogP contribution in [0.25, 0.3) is 0 Å². The molecule has 1 aliphatic rings. The first-order valence-electron chi connectivity index (χ1n) is 4.71. The van der Waals surface area contributed by atoms with Crippen molar-refractivity contribution in [2.45, 2.75) is 12.1 Å². The smallest absolute Gasteiger partial charge is 0.0903 e. The number of thiazole rings is 1. The van der Waals surface area contributed by atoms with Gasteiger partial charge in [-0.05, 0) is 7.05 Å². The summed E-state index contributed by atoms with van der Waals surface area (Å²) in [6, 6.07) is -0.0368. The molecule has 2 rings (SSSR count). The van der Waals surface area contributed by atoms with E-state index in [0.717, 1.165) is 24.6 Å². The summed E-state index contributed by atoms with van der Waals surface area (Å²) in [6.45, 7) is 2.67. The van der Waals surface area contributed by atoms with Crippen LogP contribution in [0, 0.1) is 0 Å². The number of likely N-dealkylation sites (N-methyl/N-ethyl adjacent to an activating group) is 1. The Hall–Kier alpha value is -0.490. The van der Waals surface area contributed by atoms with Crippen LogP contribution >= 0.6 is 11.3 Å². The van der Waals surface area contributed by atoms with E-state index < -0.39 is 0 Å². The van der Waals surface area contributed by atoms with Crippen molar-refractivity contribution in [3.05, 3.63) is 16.6 Å². The fourth-order valence-electron chi connectivity index (χ4n) is 1.60. The first kappa shape index (κ1) is 10.0. The quantitative estimate of drug-likeness (QED) is 0.776. The Morgan fingerprint density at radius 2 is 2.64 bits per heavy atom. The van der Waals surface area contributed by atoms with Crippen molar-refractivity contribution >= 4 is 11.3 Å². The minimum absolute atomic E-state index is 0.0368. The van der Waals surface area contributed by atoms with Gasteiger partial charge in [0.25, 0.3) is 0 Å². The first-order valence-corrected chi connectivity index (χ1v) is 5.59. The number of morpholine rings is 1. The van der Waals surface area contributed by atoms with Gasteiger partial charge in [0.15, 0.2) is 0 Å². The Balaban J connectivity index is 2.00. The van der Waals surface area contributed by atoms with E-state index in [4.69, 9.17) is 10.5 Å². The molecule has 1 aliphatic heterocycles. The Morgan fingerprint density at radius 1 is 1.79 bits per heavy atom. The van der Waals surface area contributed by atoms with Crippen LogP contribution in [0.3, 0.4) is 0 Å². The molecule has 0 spiro atoms. The van der Waals surface area contributed by atoms with Crippen molar-refractivity contribution in [3.63, 3.8) is 0 Å². The minimum Gasteiger partial charge on any atom is -0.374 e. The summed E-state index contributed by atoms with van der Waals surface area (Å²) >= 11 is 1.59. The molecule has 1 saturated heterocycles. The van der Waals surface area contributed by atoms with Crippen molar-refractivity contribution in [3.8, 4) is 0 Å². The molecule has 0 saturated carbocycles. The van der Waals surface area contributed by atoms with Crippen LogP contribution in [-0.2, 0) is 4.74 Å². The van der Waals surface area contributed by atoms with Gasteiger partial charge in [-0.3, -0.25) is 4.98 Å². The molecular formula is C9H15N3OS. The molecule has 2 heterocycles. The third-order valence-corrected chi connectivity index (χ3v) is 3.35. The van der Waals surface area contributed by atoms with Gasteiger partial charge >= 0.3 is 0 Å². The van der Waals surface area contributed by atoms with Crippen molar-refractivity contribution in [1.29, 1.82) is 0 Å². The lowest BCUT2D eigenvalue weighted by Crippen LogP contribution is -2.45. The third-order valence-electron chi connectivity index (χ3n) is 2.48. The molecule has 0 aliphatic carbocycles. The van der Waals surface area contributed by atoms with E-state index in [1.54, 1.807) is 11.3 Å². The maximum Gasteiger partial charge on any atom is 0.0903 e. The molecule has 14 heavy (non-hydrogen) atoms. The summed E-state index contributed by atoms with van der Waals surface area (Å²) in [5, 5.41) is 0. The molecule has 78 valence electrons. The highest BCUT2D eigenvalue weighted by molar-refractivity contribution is 7.09. The molecule has 1 aromatic rings. The lowest BCUT2D eigenvalue weighted by molar-refractivity contribution is -0.0321. The summed E-state index contributed by atoms with van der Waals surface area (Å²) in [6.07, 6.45) is 1.93. The number of nitrogens with two attached hydrogens (primary N) is 1. The van der Waals surface area contributed by atoms with Crippen LogP contribution in [0.5, 0.6) is 0 Å². The highest BCUT2D eigenvalue weighted by atomic mass is 32.1. The molecule has 1 fully saturated rings. The van der Waals surface area contributed by atoms with E-state index in [2.05, 4.69) is 16.9 Å². The average molecular weight is 213 g/mol. The van der Waals surface area contributed by atoms with Gasteiger partial charge in [0.1, 0.15) is 0 Å². The normalized spacial score (nSPS) is 26.3. The molecule has 2 atom stereocenters. The van der Waals surface area contributed by atoms with Crippen LogP contribution in [0.1, 0.15) is 10.9 Å². The summed E-state index contributed by atoms with van der Waals surface area (Å²) < 4.78 is 5.65. The van der Waals surface area contributed by atoms with E-state index in [9.17, 15) is 0 Å². The lowest BCUT2D eigenvalue weighted by Gasteiger charge is -2.32. The predicted molar refractivity (Wildman–Crippen MR) is 56.3 cm³/mol. The fourth-order valence-corrected chi connectivity index (χ4v) is 2.28. The molecule has 0 bridgehead atoms. The predicted octanol–water partition coefficient (Wildman–Crippen LogP) is 0.473. The summed E-state index contributed by atoms with van der Waals surface area (Å²) in [7, 11) is 2.09. The number of ether oxygens (including phenoxy) is 1. The topological polar surface area (TPSA) is 51.4 Å². The van der Waals surface area contributed by atoms with E-state index >= 15 is 0 Å². The van der Waals surface area contributed by atoms with Gasteiger partial charge in [0.05, 0.1) is 24.3 Å². The summed E-state index contributed by atoms with van der Waals surface area (Å²) in [4.78, 5) is 7.37. The number of hydrogen-bond acceptors (Lipinski definition) is 5. The minimum atomic E-state index is -0.0368. The van der Waals surface area contributed by atoms with Crippen molar-refractivity contribution < 1.29 is 4.74 Å². The van der Waals surface area contributed by atoms with Gasteiger partial charge in [-0.1, -0.05) is 0 Å². The Labute approximate surface area is 87.7 Å². The van der Waals surface area contributed by atoms with E-state index in [0.29, 0.717) is 0 Å². The molecule has 0 aromatic carbocycles. The van der Waals surface area contributed by atoms with Gasteiger partial charge < -0.3 is 15.4 Å². The van der Waals surface area contributed by atoms with Crippen LogP contribution in [-0.4, -0.2) is 42.7 Å². The van der Waals surface area contributed by atoms with Gasteiger partial charge in [0.2, 0.25) is 0 Å². The van der Waals surface area contributed by atoms with E-state index in [1.165, 1.54) is 0 Å². The zero-order valence-electron chi connectivity index (χ0n) is 8.22. The Morgan fingerprint density at radius 3 is 3.29 bits per heavy atom. The molecule has 2 unspecified atom stereocenters. The highest BCUT2D eigenvalue weighted by Crippen LogP contribution is 2.22. The van der Waals surface area contributed by atoms with Crippen LogP contribution < -0.4 is 5.73 Å². The van der Waals surface area contributed by atoms with Gasteiger partial charge in [-0.2, -0.15) is 0 Å². The molecule has 0 radical (unpaired) electrons. The Kier molecular flexibility index (Phi) is 3.12. The average Bonchev–Trinajstić information content (AvgIpc) is 2.69.